The zero-order chi connectivity index (χ0) is 13.4. The largest absolute Gasteiger partial charge is 0.393 e. The van der Waals surface area contributed by atoms with Crippen molar-refractivity contribution in [2.24, 2.45) is 18.9 Å². The van der Waals surface area contributed by atoms with Crippen molar-refractivity contribution < 1.29 is 5.11 Å². The van der Waals surface area contributed by atoms with E-state index in [1.54, 1.807) is 16.3 Å². The summed E-state index contributed by atoms with van der Waals surface area (Å²) in [5, 5.41) is 14.2. The molecule has 3 unspecified atom stereocenters. The van der Waals surface area contributed by atoms with Gasteiger partial charge in [0.25, 0.3) is 0 Å². The third-order valence-electron chi connectivity index (χ3n) is 4.23. The van der Waals surface area contributed by atoms with E-state index in [0.717, 1.165) is 18.7 Å². The summed E-state index contributed by atoms with van der Waals surface area (Å²) in [5.74, 6) is 1.64. The third kappa shape index (κ3) is 2.23. The molecule has 0 spiro atoms. The molecule has 1 saturated carbocycles. The van der Waals surface area contributed by atoms with Crippen molar-refractivity contribution in [3.8, 4) is 0 Å². The molecule has 0 saturated heterocycles. The van der Waals surface area contributed by atoms with Crippen LogP contribution in [0.1, 0.15) is 45.0 Å². The Morgan fingerprint density at radius 2 is 2.06 bits per heavy atom. The van der Waals surface area contributed by atoms with Crippen LogP contribution in [0.2, 0.25) is 0 Å². The van der Waals surface area contributed by atoms with Crippen LogP contribution in [0.4, 0.5) is 0 Å². The SMILES string of the molecule is Cc1nn(C2CC(O)CCC2C(C)C)c(=O)n1C. The molecule has 2 rings (SSSR count). The van der Waals surface area contributed by atoms with Crippen molar-refractivity contribution >= 4 is 0 Å². The van der Waals surface area contributed by atoms with Crippen LogP contribution < -0.4 is 5.69 Å². The summed E-state index contributed by atoms with van der Waals surface area (Å²) in [6, 6.07) is 0.0288. The van der Waals surface area contributed by atoms with Crippen molar-refractivity contribution in [3.05, 3.63) is 16.3 Å². The molecule has 0 bridgehead atoms. The molecule has 5 nitrogen and oxygen atoms in total. The lowest BCUT2D eigenvalue weighted by Crippen LogP contribution is -2.38. The number of aromatic nitrogens is 3. The molecule has 102 valence electrons. The van der Waals surface area contributed by atoms with E-state index in [4.69, 9.17) is 0 Å². The predicted octanol–water partition coefficient (Wildman–Crippen LogP) is 1.25. The standard InChI is InChI=1S/C13H23N3O2/c1-8(2)11-6-5-10(17)7-12(11)16-13(18)15(4)9(3)14-16/h8,10-12,17H,5-7H2,1-4H3. The van der Waals surface area contributed by atoms with Gasteiger partial charge < -0.3 is 5.11 Å². The Hall–Kier alpha value is -1.10. The summed E-state index contributed by atoms with van der Waals surface area (Å²) in [4.78, 5) is 12.1. The van der Waals surface area contributed by atoms with Crippen LogP contribution in [0, 0.1) is 18.8 Å². The zero-order valence-electron chi connectivity index (χ0n) is 11.6. The van der Waals surface area contributed by atoms with Gasteiger partial charge in [-0.1, -0.05) is 13.8 Å². The summed E-state index contributed by atoms with van der Waals surface area (Å²) >= 11 is 0. The molecule has 18 heavy (non-hydrogen) atoms. The van der Waals surface area contributed by atoms with E-state index in [2.05, 4.69) is 18.9 Å². The molecule has 1 aliphatic carbocycles. The molecule has 3 atom stereocenters. The average molecular weight is 253 g/mol. The molecule has 0 aliphatic heterocycles. The minimum Gasteiger partial charge on any atom is -0.393 e. The minimum absolute atomic E-state index is 0.0288. The smallest absolute Gasteiger partial charge is 0.345 e. The highest BCUT2D eigenvalue weighted by Gasteiger charge is 2.34. The molecule has 1 fully saturated rings. The molecule has 1 heterocycles. The van der Waals surface area contributed by atoms with Crippen LogP contribution in [0.5, 0.6) is 0 Å². The van der Waals surface area contributed by atoms with Gasteiger partial charge in [-0.15, -0.1) is 0 Å². The first-order valence-electron chi connectivity index (χ1n) is 6.72. The van der Waals surface area contributed by atoms with Crippen LogP contribution in [0.3, 0.4) is 0 Å². The Kier molecular flexibility index (Phi) is 3.61. The summed E-state index contributed by atoms with van der Waals surface area (Å²) in [7, 11) is 1.74. The second-order valence-electron chi connectivity index (χ2n) is 5.78. The number of hydrogen-bond donors (Lipinski definition) is 1. The first-order chi connectivity index (χ1) is 8.41. The van der Waals surface area contributed by atoms with E-state index in [0.29, 0.717) is 18.3 Å². The average Bonchev–Trinajstić information content (AvgIpc) is 2.56. The Labute approximate surface area is 107 Å². The number of aliphatic hydroxyl groups is 1. The maximum Gasteiger partial charge on any atom is 0.345 e. The Morgan fingerprint density at radius 1 is 1.39 bits per heavy atom. The fraction of sp³-hybridized carbons (Fsp3) is 0.846. The fourth-order valence-corrected chi connectivity index (χ4v) is 2.98. The van der Waals surface area contributed by atoms with Gasteiger partial charge in [-0.2, -0.15) is 5.10 Å². The Balaban J connectivity index is 2.38. The molecule has 0 amide bonds. The zero-order valence-corrected chi connectivity index (χ0v) is 11.6. The number of nitrogens with zero attached hydrogens (tertiary/aromatic N) is 3. The van der Waals surface area contributed by atoms with Gasteiger partial charge in [-0.3, -0.25) is 4.57 Å². The first kappa shape index (κ1) is 13.3. The van der Waals surface area contributed by atoms with Crippen molar-refractivity contribution in [1.29, 1.82) is 0 Å². The minimum atomic E-state index is -0.306. The second-order valence-corrected chi connectivity index (χ2v) is 5.78. The molecular weight excluding hydrogens is 230 g/mol. The van der Waals surface area contributed by atoms with E-state index < -0.39 is 0 Å². The van der Waals surface area contributed by atoms with Gasteiger partial charge in [0.2, 0.25) is 0 Å². The topological polar surface area (TPSA) is 60.0 Å². The van der Waals surface area contributed by atoms with Crippen molar-refractivity contribution in [1.82, 2.24) is 14.3 Å². The van der Waals surface area contributed by atoms with Gasteiger partial charge in [-0.25, -0.2) is 9.48 Å². The predicted molar refractivity (Wildman–Crippen MR) is 69.4 cm³/mol. The summed E-state index contributed by atoms with van der Waals surface area (Å²) in [6.45, 7) is 6.19. The van der Waals surface area contributed by atoms with Crippen LogP contribution in [-0.4, -0.2) is 25.6 Å². The molecular formula is C13H23N3O2. The molecule has 5 heteroatoms. The lowest BCUT2D eigenvalue weighted by Gasteiger charge is -2.36. The quantitative estimate of drug-likeness (QED) is 0.863. The van der Waals surface area contributed by atoms with Gasteiger partial charge in [0, 0.05) is 7.05 Å². The summed E-state index contributed by atoms with van der Waals surface area (Å²) in [6.07, 6.45) is 2.13. The van der Waals surface area contributed by atoms with E-state index in [1.807, 2.05) is 6.92 Å². The first-order valence-corrected chi connectivity index (χ1v) is 6.72. The highest BCUT2D eigenvalue weighted by Crippen LogP contribution is 2.37. The Morgan fingerprint density at radius 3 is 2.56 bits per heavy atom. The molecule has 0 aromatic carbocycles. The third-order valence-corrected chi connectivity index (χ3v) is 4.23. The summed E-state index contributed by atoms with van der Waals surface area (Å²) in [5.41, 5.74) is -0.0720. The normalized spacial score (nSPS) is 28.9. The van der Waals surface area contributed by atoms with Crippen LogP contribution in [0.15, 0.2) is 4.79 Å². The molecule has 1 aromatic rings. The maximum atomic E-state index is 12.1. The van der Waals surface area contributed by atoms with E-state index in [-0.39, 0.29) is 17.8 Å². The highest BCUT2D eigenvalue weighted by atomic mass is 16.3. The van der Waals surface area contributed by atoms with Crippen molar-refractivity contribution in [2.45, 2.75) is 52.2 Å². The highest BCUT2D eigenvalue weighted by molar-refractivity contribution is 4.90. The van der Waals surface area contributed by atoms with Gasteiger partial charge in [-0.05, 0) is 38.0 Å². The van der Waals surface area contributed by atoms with Crippen LogP contribution in [-0.2, 0) is 7.05 Å². The van der Waals surface area contributed by atoms with E-state index in [1.165, 1.54) is 0 Å². The van der Waals surface area contributed by atoms with E-state index in [9.17, 15) is 9.90 Å². The molecule has 0 radical (unpaired) electrons. The van der Waals surface area contributed by atoms with Gasteiger partial charge in [0.05, 0.1) is 12.1 Å². The second kappa shape index (κ2) is 4.88. The number of rotatable bonds is 2. The Bertz CT molecular complexity index is 475. The van der Waals surface area contributed by atoms with Crippen molar-refractivity contribution in [2.75, 3.05) is 0 Å². The van der Waals surface area contributed by atoms with Crippen LogP contribution in [0.25, 0.3) is 0 Å². The lowest BCUT2D eigenvalue weighted by atomic mass is 9.77. The van der Waals surface area contributed by atoms with Gasteiger partial charge >= 0.3 is 5.69 Å². The number of hydrogen-bond acceptors (Lipinski definition) is 3. The number of aliphatic hydroxyl groups excluding tert-OH is 1. The van der Waals surface area contributed by atoms with Crippen molar-refractivity contribution in [3.63, 3.8) is 0 Å². The monoisotopic (exact) mass is 253 g/mol. The summed E-state index contributed by atoms with van der Waals surface area (Å²) < 4.78 is 3.15. The van der Waals surface area contributed by atoms with Gasteiger partial charge in [0.1, 0.15) is 5.82 Å². The lowest BCUT2D eigenvalue weighted by molar-refractivity contribution is 0.0504. The fourth-order valence-electron chi connectivity index (χ4n) is 2.98. The molecule has 1 N–H and O–H groups in total. The van der Waals surface area contributed by atoms with Gasteiger partial charge in [0.15, 0.2) is 0 Å². The molecule has 1 aliphatic rings. The number of aryl methyl sites for hydroxylation is 1. The molecule has 1 aromatic heterocycles. The van der Waals surface area contributed by atoms with Crippen LogP contribution >= 0.6 is 0 Å². The maximum absolute atomic E-state index is 12.1. The van der Waals surface area contributed by atoms with E-state index >= 15 is 0 Å².